The Morgan fingerprint density at radius 3 is 2.71 bits per heavy atom. The zero-order chi connectivity index (χ0) is 23.9. The zero-order valence-electron chi connectivity index (χ0n) is 20.0. The summed E-state index contributed by atoms with van der Waals surface area (Å²) in [5, 5.41) is 24.2. The molecule has 1 fully saturated rings. The topological polar surface area (TPSA) is 86.4 Å². The van der Waals surface area contributed by atoms with Crippen molar-refractivity contribution in [3.8, 4) is 5.95 Å². The second-order valence-electron chi connectivity index (χ2n) is 9.64. The summed E-state index contributed by atoms with van der Waals surface area (Å²) in [5.41, 5.74) is 5.89. The van der Waals surface area contributed by atoms with Crippen molar-refractivity contribution in [2.75, 3.05) is 18.4 Å². The summed E-state index contributed by atoms with van der Waals surface area (Å²) in [4.78, 5) is 12.8. The van der Waals surface area contributed by atoms with Gasteiger partial charge in [0.25, 0.3) is 0 Å². The highest BCUT2D eigenvalue weighted by Crippen LogP contribution is 2.40. The van der Waals surface area contributed by atoms with Gasteiger partial charge in [-0.3, -0.25) is 9.47 Å². The SMILES string of the molecule is Cc1cc2c(B(O)O)cccc2n1-c1nc2c(c(NCc3ccccc3)n1)C1CCCCN1CC2. The molecule has 0 bridgehead atoms. The van der Waals surface area contributed by atoms with E-state index in [1.165, 1.54) is 24.0 Å². The van der Waals surface area contributed by atoms with Crippen LogP contribution in [0.3, 0.4) is 0 Å². The number of hydrogen-bond acceptors (Lipinski definition) is 6. The summed E-state index contributed by atoms with van der Waals surface area (Å²) >= 11 is 0. The standard InChI is InChI=1S/C27H30BN5O2/c1-18-16-20-21(28(34)35)10-7-12-23(20)33(18)27-30-22-13-15-32-14-6-5-11-24(32)25(22)26(31-27)29-17-19-8-3-2-4-9-19/h2-4,7-10,12,16,24,34-35H,5-6,11,13-15,17H2,1H3,(H,29,30,31). The smallest absolute Gasteiger partial charge is 0.423 e. The fourth-order valence-electron chi connectivity index (χ4n) is 5.77. The average Bonchev–Trinajstić information content (AvgIpc) is 3.23. The summed E-state index contributed by atoms with van der Waals surface area (Å²) in [5.74, 6) is 1.53. The normalized spacial score (nSPS) is 17.7. The molecule has 0 amide bonds. The van der Waals surface area contributed by atoms with E-state index in [-0.39, 0.29) is 0 Å². The van der Waals surface area contributed by atoms with Crippen molar-refractivity contribution in [2.24, 2.45) is 0 Å². The van der Waals surface area contributed by atoms with Gasteiger partial charge >= 0.3 is 7.12 Å². The number of fused-ring (bicyclic) bond motifs is 4. The van der Waals surface area contributed by atoms with Gasteiger partial charge in [-0.15, -0.1) is 0 Å². The third-order valence-corrected chi connectivity index (χ3v) is 7.44. The van der Waals surface area contributed by atoms with Crippen molar-refractivity contribution >= 4 is 29.3 Å². The molecule has 35 heavy (non-hydrogen) atoms. The van der Waals surface area contributed by atoms with Crippen LogP contribution in [0.25, 0.3) is 16.9 Å². The quantitative estimate of drug-likeness (QED) is 0.391. The van der Waals surface area contributed by atoms with Gasteiger partial charge in [0.05, 0.1) is 11.2 Å². The van der Waals surface area contributed by atoms with Crippen LogP contribution in [0.2, 0.25) is 0 Å². The minimum absolute atomic E-state index is 0.360. The summed E-state index contributed by atoms with van der Waals surface area (Å²) in [6.07, 6.45) is 4.53. The molecule has 6 rings (SSSR count). The van der Waals surface area contributed by atoms with Crippen molar-refractivity contribution < 1.29 is 10.0 Å². The Bertz CT molecular complexity index is 1370. The molecule has 2 aromatic carbocycles. The fraction of sp³-hybridized carbons (Fsp3) is 0.333. The van der Waals surface area contributed by atoms with Gasteiger partial charge < -0.3 is 15.4 Å². The van der Waals surface area contributed by atoms with Gasteiger partial charge in [0.2, 0.25) is 5.95 Å². The number of nitrogens with one attached hydrogen (secondary N) is 1. The zero-order valence-corrected chi connectivity index (χ0v) is 20.0. The van der Waals surface area contributed by atoms with E-state index in [2.05, 4.69) is 34.5 Å². The van der Waals surface area contributed by atoms with Crippen LogP contribution in [-0.4, -0.2) is 49.7 Å². The summed E-state index contributed by atoms with van der Waals surface area (Å²) < 4.78 is 2.03. The Morgan fingerprint density at radius 2 is 1.89 bits per heavy atom. The van der Waals surface area contributed by atoms with Crippen molar-refractivity contribution in [3.63, 3.8) is 0 Å². The van der Waals surface area contributed by atoms with E-state index in [0.29, 0.717) is 24.0 Å². The van der Waals surface area contributed by atoms with Crippen LogP contribution in [-0.2, 0) is 13.0 Å². The first kappa shape index (κ1) is 22.3. The minimum atomic E-state index is -1.53. The lowest BCUT2D eigenvalue weighted by Gasteiger charge is -2.40. The van der Waals surface area contributed by atoms with E-state index in [0.717, 1.165) is 54.0 Å². The Balaban J connectivity index is 1.49. The molecule has 3 N–H and O–H groups in total. The molecule has 4 heterocycles. The molecule has 1 atom stereocenters. The van der Waals surface area contributed by atoms with Crippen LogP contribution in [0, 0.1) is 6.92 Å². The van der Waals surface area contributed by atoms with Gasteiger partial charge in [0, 0.05) is 42.2 Å². The Hall–Kier alpha value is -3.20. The third kappa shape index (κ3) is 4.01. The number of benzene rings is 2. The predicted molar refractivity (Wildman–Crippen MR) is 139 cm³/mol. The number of hydrogen-bond donors (Lipinski definition) is 3. The fourth-order valence-corrected chi connectivity index (χ4v) is 5.77. The molecule has 0 radical (unpaired) electrons. The number of rotatable bonds is 5. The highest BCUT2D eigenvalue weighted by molar-refractivity contribution is 6.61. The minimum Gasteiger partial charge on any atom is -0.423 e. The number of aryl methyl sites for hydroxylation is 1. The number of nitrogens with zero attached hydrogens (tertiary/aromatic N) is 4. The van der Waals surface area contributed by atoms with E-state index < -0.39 is 7.12 Å². The maximum absolute atomic E-state index is 9.88. The van der Waals surface area contributed by atoms with Crippen molar-refractivity contribution in [3.05, 3.63) is 77.1 Å². The molecule has 0 aliphatic carbocycles. The molecule has 0 spiro atoms. The van der Waals surface area contributed by atoms with Gasteiger partial charge in [-0.25, -0.2) is 4.98 Å². The molecule has 7 nitrogen and oxygen atoms in total. The van der Waals surface area contributed by atoms with E-state index >= 15 is 0 Å². The molecule has 178 valence electrons. The lowest BCUT2D eigenvalue weighted by Crippen LogP contribution is -2.40. The average molecular weight is 467 g/mol. The summed E-state index contributed by atoms with van der Waals surface area (Å²) in [7, 11) is -1.53. The molecule has 1 saturated heterocycles. The highest BCUT2D eigenvalue weighted by atomic mass is 16.4. The molecular weight excluding hydrogens is 437 g/mol. The molecule has 1 unspecified atom stereocenters. The second kappa shape index (κ2) is 9.11. The lowest BCUT2D eigenvalue weighted by molar-refractivity contribution is 0.137. The number of aromatic nitrogens is 3. The van der Waals surface area contributed by atoms with Gasteiger partial charge in [0.1, 0.15) is 5.82 Å². The van der Waals surface area contributed by atoms with E-state index in [9.17, 15) is 10.0 Å². The molecule has 8 heteroatoms. The molecule has 2 aliphatic rings. The maximum Gasteiger partial charge on any atom is 0.489 e. The Kier molecular flexibility index (Phi) is 5.80. The van der Waals surface area contributed by atoms with Crippen molar-refractivity contribution in [1.29, 1.82) is 0 Å². The van der Waals surface area contributed by atoms with Crippen LogP contribution < -0.4 is 10.8 Å². The van der Waals surface area contributed by atoms with Crippen molar-refractivity contribution in [1.82, 2.24) is 19.4 Å². The van der Waals surface area contributed by atoms with Gasteiger partial charge in [0.15, 0.2) is 0 Å². The largest absolute Gasteiger partial charge is 0.489 e. The number of piperidine rings is 1. The van der Waals surface area contributed by atoms with Gasteiger partial charge in [-0.05, 0) is 49.5 Å². The van der Waals surface area contributed by atoms with Crippen LogP contribution >= 0.6 is 0 Å². The van der Waals surface area contributed by atoms with Crippen LogP contribution in [0.5, 0.6) is 0 Å². The van der Waals surface area contributed by atoms with Gasteiger partial charge in [-0.2, -0.15) is 4.98 Å². The maximum atomic E-state index is 9.88. The third-order valence-electron chi connectivity index (χ3n) is 7.44. The van der Waals surface area contributed by atoms with E-state index in [1.54, 1.807) is 6.07 Å². The van der Waals surface area contributed by atoms with E-state index in [1.807, 2.05) is 35.8 Å². The predicted octanol–water partition coefficient (Wildman–Crippen LogP) is 3.10. The molecule has 0 saturated carbocycles. The van der Waals surface area contributed by atoms with Crippen LogP contribution in [0.15, 0.2) is 54.6 Å². The van der Waals surface area contributed by atoms with Gasteiger partial charge in [-0.1, -0.05) is 48.9 Å². The highest BCUT2D eigenvalue weighted by Gasteiger charge is 2.34. The molecular formula is C27H30BN5O2. The lowest BCUT2D eigenvalue weighted by atomic mass is 9.78. The molecule has 2 aliphatic heterocycles. The monoisotopic (exact) mass is 467 g/mol. The van der Waals surface area contributed by atoms with E-state index in [4.69, 9.17) is 9.97 Å². The first-order valence-electron chi connectivity index (χ1n) is 12.5. The Morgan fingerprint density at radius 1 is 1.03 bits per heavy atom. The summed E-state index contributed by atoms with van der Waals surface area (Å²) in [6, 6.07) is 18.3. The first-order valence-corrected chi connectivity index (χ1v) is 12.5. The first-order chi connectivity index (χ1) is 17.1. The number of anilines is 1. The van der Waals surface area contributed by atoms with Crippen molar-refractivity contribution in [2.45, 2.75) is 45.2 Å². The molecule has 2 aromatic heterocycles. The second-order valence-corrected chi connectivity index (χ2v) is 9.64. The summed E-state index contributed by atoms with van der Waals surface area (Å²) in [6.45, 7) is 4.87. The van der Waals surface area contributed by atoms with Crippen LogP contribution in [0.1, 0.15) is 47.8 Å². The van der Waals surface area contributed by atoms with Crippen LogP contribution in [0.4, 0.5) is 5.82 Å². The molecule has 4 aromatic rings. The Labute approximate surface area is 205 Å².